The Hall–Kier alpha value is -1.72. The van der Waals surface area contributed by atoms with Crippen LogP contribution in [0, 0.1) is 0 Å². The van der Waals surface area contributed by atoms with Crippen molar-refractivity contribution >= 4 is 17.2 Å². The highest BCUT2D eigenvalue weighted by Crippen LogP contribution is 2.28. The van der Waals surface area contributed by atoms with E-state index in [1.807, 2.05) is 16.8 Å². The third kappa shape index (κ3) is 2.39. The van der Waals surface area contributed by atoms with E-state index in [1.165, 1.54) is 11.1 Å². The molecule has 5 heteroatoms. The van der Waals surface area contributed by atoms with Crippen LogP contribution in [0.5, 0.6) is 0 Å². The number of nitrogens with two attached hydrogens (primary N) is 1. The number of nitrogens with zero attached hydrogens (tertiary/aromatic N) is 2. The Balaban J connectivity index is 1.89. The minimum absolute atomic E-state index is 0.0345. The monoisotopic (exact) mass is 273 g/mol. The summed E-state index contributed by atoms with van der Waals surface area (Å²) < 4.78 is 7.83. The SMILES string of the molecule is NC(=S)c1nccn1CC1OCCc2ccccc21. The summed E-state index contributed by atoms with van der Waals surface area (Å²) in [6.07, 6.45) is 4.60. The number of hydrogen-bond acceptors (Lipinski definition) is 3. The van der Waals surface area contributed by atoms with Crippen LogP contribution in [0.3, 0.4) is 0 Å². The molecule has 1 unspecified atom stereocenters. The van der Waals surface area contributed by atoms with Gasteiger partial charge < -0.3 is 15.0 Å². The lowest BCUT2D eigenvalue weighted by Crippen LogP contribution is -2.23. The van der Waals surface area contributed by atoms with Gasteiger partial charge in [-0.3, -0.25) is 0 Å². The molecule has 2 N–H and O–H groups in total. The van der Waals surface area contributed by atoms with Gasteiger partial charge in [0.25, 0.3) is 0 Å². The lowest BCUT2D eigenvalue weighted by atomic mass is 9.97. The quantitative estimate of drug-likeness (QED) is 0.867. The molecule has 2 aromatic rings. The van der Waals surface area contributed by atoms with Crippen LogP contribution in [0.2, 0.25) is 0 Å². The van der Waals surface area contributed by atoms with E-state index in [4.69, 9.17) is 22.7 Å². The first-order valence-electron chi connectivity index (χ1n) is 6.26. The fourth-order valence-corrected chi connectivity index (χ4v) is 2.66. The highest BCUT2D eigenvalue weighted by Gasteiger charge is 2.21. The molecule has 0 aliphatic carbocycles. The lowest BCUT2D eigenvalue weighted by Gasteiger charge is -2.26. The summed E-state index contributed by atoms with van der Waals surface area (Å²) in [5, 5.41) is 0. The third-order valence-corrected chi connectivity index (χ3v) is 3.57. The van der Waals surface area contributed by atoms with Gasteiger partial charge in [0.1, 0.15) is 11.1 Å². The van der Waals surface area contributed by atoms with Crippen molar-refractivity contribution in [3.63, 3.8) is 0 Å². The number of fused-ring (bicyclic) bond motifs is 1. The minimum Gasteiger partial charge on any atom is -0.387 e. The van der Waals surface area contributed by atoms with Gasteiger partial charge in [0, 0.05) is 12.4 Å². The molecule has 1 aromatic heterocycles. The maximum absolute atomic E-state index is 5.88. The first-order valence-corrected chi connectivity index (χ1v) is 6.67. The summed E-state index contributed by atoms with van der Waals surface area (Å²) >= 11 is 5.00. The van der Waals surface area contributed by atoms with Crippen molar-refractivity contribution in [1.29, 1.82) is 0 Å². The Morgan fingerprint density at radius 2 is 2.32 bits per heavy atom. The minimum atomic E-state index is 0.0345. The van der Waals surface area contributed by atoms with Crippen LogP contribution in [-0.2, 0) is 17.7 Å². The molecule has 0 spiro atoms. The third-order valence-electron chi connectivity index (χ3n) is 3.39. The van der Waals surface area contributed by atoms with Gasteiger partial charge in [-0.25, -0.2) is 4.98 Å². The van der Waals surface area contributed by atoms with Gasteiger partial charge in [-0.15, -0.1) is 0 Å². The maximum Gasteiger partial charge on any atom is 0.167 e. The molecule has 98 valence electrons. The standard InChI is InChI=1S/C14H15N3OS/c15-13(19)14-16-6-7-17(14)9-12-11-4-2-1-3-10(11)5-8-18-12/h1-4,6-7,12H,5,8-9H2,(H2,15,19). The van der Waals surface area contributed by atoms with Crippen LogP contribution in [-0.4, -0.2) is 21.1 Å². The second kappa shape index (κ2) is 5.11. The van der Waals surface area contributed by atoms with Gasteiger partial charge in [-0.1, -0.05) is 36.5 Å². The zero-order valence-corrected chi connectivity index (χ0v) is 11.3. The molecule has 0 saturated heterocycles. The molecule has 2 heterocycles. The average molecular weight is 273 g/mol. The number of imidazole rings is 1. The van der Waals surface area contributed by atoms with Crippen molar-refractivity contribution in [2.24, 2.45) is 5.73 Å². The molecule has 0 fully saturated rings. The Kier molecular flexibility index (Phi) is 3.31. The maximum atomic E-state index is 5.88. The summed E-state index contributed by atoms with van der Waals surface area (Å²) in [5.74, 6) is 0.640. The number of benzene rings is 1. The normalized spacial score (nSPS) is 18.0. The van der Waals surface area contributed by atoms with Gasteiger partial charge in [-0.05, 0) is 17.5 Å². The molecular formula is C14H15N3OS. The van der Waals surface area contributed by atoms with E-state index in [9.17, 15) is 0 Å². The predicted molar refractivity (Wildman–Crippen MR) is 77.0 cm³/mol. The van der Waals surface area contributed by atoms with Crippen molar-refractivity contribution in [3.05, 3.63) is 53.6 Å². The van der Waals surface area contributed by atoms with Crippen molar-refractivity contribution in [3.8, 4) is 0 Å². The second-order valence-electron chi connectivity index (χ2n) is 4.58. The summed E-state index contributed by atoms with van der Waals surface area (Å²) in [6, 6.07) is 8.39. The number of hydrogen-bond donors (Lipinski definition) is 1. The first kappa shape index (κ1) is 12.3. The van der Waals surface area contributed by atoms with Gasteiger partial charge >= 0.3 is 0 Å². The molecule has 4 nitrogen and oxygen atoms in total. The van der Waals surface area contributed by atoms with Gasteiger partial charge in [0.2, 0.25) is 0 Å². The molecule has 0 amide bonds. The molecule has 1 aliphatic heterocycles. The van der Waals surface area contributed by atoms with Crippen LogP contribution < -0.4 is 5.73 Å². The highest BCUT2D eigenvalue weighted by molar-refractivity contribution is 7.80. The first-order chi connectivity index (χ1) is 9.25. The number of rotatable bonds is 3. The molecule has 1 atom stereocenters. The van der Waals surface area contributed by atoms with Gasteiger partial charge in [-0.2, -0.15) is 0 Å². The number of aromatic nitrogens is 2. The van der Waals surface area contributed by atoms with E-state index >= 15 is 0 Å². The highest BCUT2D eigenvalue weighted by atomic mass is 32.1. The second-order valence-corrected chi connectivity index (χ2v) is 5.02. The fourth-order valence-electron chi connectivity index (χ4n) is 2.49. The molecule has 19 heavy (non-hydrogen) atoms. The zero-order chi connectivity index (χ0) is 13.2. The molecule has 0 bridgehead atoms. The summed E-state index contributed by atoms with van der Waals surface area (Å²) in [6.45, 7) is 1.43. The van der Waals surface area contributed by atoms with E-state index in [0.717, 1.165) is 13.0 Å². The average Bonchev–Trinajstić information content (AvgIpc) is 2.87. The van der Waals surface area contributed by atoms with Crippen molar-refractivity contribution < 1.29 is 4.74 Å². The van der Waals surface area contributed by atoms with Crippen molar-refractivity contribution in [2.45, 2.75) is 19.1 Å². The van der Waals surface area contributed by atoms with Crippen LogP contribution in [0.25, 0.3) is 0 Å². The Morgan fingerprint density at radius 3 is 3.16 bits per heavy atom. The molecule has 0 saturated carbocycles. The van der Waals surface area contributed by atoms with E-state index in [-0.39, 0.29) is 6.10 Å². The molecule has 1 aliphatic rings. The fraction of sp³-hybridized carbons (Fsp3) is 0.286. The van der Waals surface area contributed by atoms with Crippen molar-refractivity contribution in [2.75, 3.05) is 6.61 Å². The van der Waals surface area contributed by atoms with E-state index in [1.54, 1.807) is 6.20 Å². The zero-order valence-electron chi connectivity index (χ0n) is 10.5. The Morgan fingerprint density at radius 1 is 1.47 bits per heavy atom. The molecule has 0 radical (unpaired) electrons. The van der Waals surface area contributed by atoms with E-state index in [2.05, 4.69) is 23.2 Å². The number of thiocarbonyl (C=S) groups is 1. The summed E-state index contributed by atoms with van der Waals surface area (Å²) in [7, 11) is 0. The van der Waals surface area contributed by atoms with Crippen LogP contribution >= 0.6 is 12.2 Å². The molecule has 1 aromatic carbocycles. The Bertz CT molecular complexity index is 608. The van der Waals surface area contributed by atoms with Crippen LogP contribution in [0.15, 0.2) is 36.7 Å². The predicted octanol–water partition coefficient (Wildman–Crippen LogP) is 1.83. The topological polar surface area (TPSA) is 53.1 Å². The van der Waals surface area contributed by atoms with Crippen LogP contribution in [0.4, 0.5) is 0 Å². The number of ether oxygens (including phenoxy) is 1. The van der Waals surface area contributed by atoms with Crippen molar-refractivity contribution in [1.82, 2.24) is 9.55 Å². The van der Waals surface area contributed by atoms with Gasteiger partial charge in [0.15, 0.2) is 5.82 Å². The van der Waals surface area contributed by atoms with E-state index < -0.39 is 0 Å². The molecular weight excluding hydrogens is 258 g/mol. The van der Waals surface area contributed by atoms with Gasteiger partial charge in [0.05, 0.1) is 13.2 Å². The molecule has 3 rings (SSSR count). The summed E-state index contributed by atoms with van der Waals surface area (Å²) in [4.78, 5) is 4.49. The van der Waals surface area contributed by atoms with E-state index in [0.29, 0.717) is 17.4 Å². The summed E-state index contributed by atoms with van der Waals surface area (Å²) in [5.41, 5.74) is 8.27. The van der Waals surface area contributed by atoms with Crippen LogP contribution in [0.1, 0.15) is 23.1 Å². The largest absolute Gasteiger partial charge is 0.387 e. The lowest BCUT2D eigenvalue weighted by molar-refractivity contribution is 0.0305. The Labute approximate surface area is 117 Å². The smallest absolute Gasteiger partial charge is 0.167 e.